The molecule has 2 atom stereocenters. The van der Waals surface area contributed by atoms with E-state index in [1.807, 2.05) is 12.1 Å². The van der Waals surface area contributed by atoms with Crippen molar-refractivity contribution in [2.24, 2.45) is 5.73 Å². The molecule has 2 rings (SSSR count). The molecule has 0 amide bonds. The van der Waals surface area contributed by atoms with Crippen molar-refractivity contribution in [3.05, 3.63) is 46.5 Å². The molecule has 0 fully saturated rings. The Labute approximate surface area is 125 Å². The van der Waals surface area contributed by atoms with Crippen molar-refractivity contribution in [2.45, 2.75) is 51.9 Å². The van der Waals surface area contributed by atoms with Crippen LogP contribution in [0.3, 0.4) is 0 Å². The highest BCUT2D eigenvalue weighted by molar-refractivity contribution is 7.09. The van der Waals surface area contributed by atoms with E-state index >= 15 is 0 Å². The summed E-state index contributed by atoms with van der Waals surface area (Å²) >= 11 is 1.79. The van der Waals surface area contributed by atoms with Crippen molar-refractivity contribution in [3.8, 4) is 0 Å². The minimum absolute atomic E-state index is 0.0727. The number of rotatable bonds is 7. The van der Waals surface area contributed by atoms with Gasteiger partial charge in [0.15, 0.2) is 0 Å². The minimum Gasteiger partial charge on any atom is -0.468 e. The van der Waals surface area contributed by atoms with Gasteiger partial charge in [-0.15, -0.1) is 11.3 Å². The molecule has 0 aromatic carbocycles. The molecule has 0 aliphatic carbocycles. The molecule has 0 spiro atoms. The predicted molar refractivity (Wildman–Crippen MR) is 84.7 cm³/mol. The van der Waals surface area contributed by atoms with Crippen LogP contribution >= 0.6 is 11.3 Å². The molecule has 4 heteroatoms. The van der Waals surface area contributed by atoms with Gasteiger partial charge in [0, 0.05) is 23.5 Å². The van der Waals surface area contributed by atoms with E-state index in [1.54, 1.807) is 17.6 Å². The summed E-state index contributed by atoms with van der Waals surface area (Å²) in [7, 11) is 0. The van der Waals surface area contributed by atoms with Crippen molar-refractivity contribution < 1.29 is 4.42 Å². The molecule has 2 heterocycles. The summed E-state index contributed by atoms with van der Waals surface area (Å²) in [6, 6.07) is 8.85. The van der Waals surface area contributed by atoms with Gasteiger partial charge in [0.05, 0.1) is 12.3 Å². The van der Waals surface area contributed by atoms with Gasteiger partial charge in [-0.3, -0.25) is 4.90 Å². The van der Waals surface area contributed by atoms with Crippen LogP contribution in [0, 0.1) is 0 Å². The summed E-state index contributed by atoms with van der Waals surface area (Å²) in [5, 5.41) is 2.12. The van der Waals surface area contributed by atoms with Gasteiger partial charge in [-0.05, 0) is 43.8 Å². The average molecular weight is 292 g/mol. The Kier molecular flexibility index (Phi) is 5.40. The van der Waals surface area contributed by atoms with Crippen molar-refractivity contribution in [3.63, 3.8) is 0 Å². The zero-order valence-electron chi connectivity index (χ0n) is 12.5. The van der Waals surface area contributed by atoms with Gasteiger partial charge in [-0.2, -0.15) is 0 Å². The number of nitrogens with two attached hydrogens (primary N) is 1. The fourth-order valence-electron chi connectivity index (χ4n) is 2.49. The quantitative estimate of drug-likeness (QED) is 0.837. The Balaban J connectivity index is 2.27. The van der Waals surface area contributed by atoms with E-state index in [9.17, 15) is 0 Å². The summed E-state index contributed by atoms with van der Waals surface area (Å²) in [6.45, 7) is 7.47. The maximum Gasteiger partial charge on any atom is 0.122 e. The van der Waals surface area contributed by atoms with E-state index in [0.717, 1.165) is 18.7 Å². The van der Waals surface area contributed by atoms with Gasteiger partial charge in [0.1, 0.15) is 5.76 Å². The standard InChI is InChI=1S/C16H24N2OS/c1-4-14(17)16(15-8-5-9-19-15)18(12(2)3)11-13-7-6-10-20-13/h5-10,12,14,16H,4,11,17H2,1-3H3. The molecule has 0 saturated heterocycles. The zero-order chi connectivity index (χ0) is 14.5. The van der Waals surface area contributed by atoms with Gasteiger partial charge in [0.2, 0.25) is 0 Å². The maximum atomic E-state index is 6.38. The SMILES string of the molecule is CCC(N)C(c1ccco1)N(Cc1cccs1)C(C)C. The van der Waals surface area contributed by atoms with Crippen LogP contribution in [-0.4, -0.2) is 17.0 Å². The molecule has 2 aromatic heterocycles. The van der Waals surface area contributed by atoms with Crippen LogP contribution in [0.5, 0.6) is 0 Å². The second-order valence-electron chi connectivity index (χ2n) is 5.38. The Bertz CT molecular complexity index is 479. The molecule has 0 radical (unpaired) electrons. The summed E-state index contributed by atoms with van der Waals surface area (Å²) in [4.78, 5) is 3.79. The molecule has 2 unspecified atom stereocenters. The highest BCUT2D eigenvalue weighted by atomic mass is 32.1. The number of nitrogens with zero attached hydrogens (tertiary/aromatic N) is 1. The minimum atomic E-state index is 0.0727. The Morgan fingerprint density at radius 1 is 1.30 bits per heavy atom. The van der Waals surface area contributed by atoms with Crippen LogP contribution < -0.4 is 5.73 Å². The maximum absolute atomic E-state index is 6.38. The lowest BCUT2D eigenvalue weighted by molar-refractivity contribution is 0.105. The first kappa shape index (κ1) is 15.3. The highest BCUT2D eigenvalue weighted by Crippen LogP contribution is 2.30. The van der Waals surface area contributed by atoms with Crippen LogP contribution in [0.25, 0.3) is 0 Å². The predicted octanol–water partition coefficient (Wildman–Crippen LogP) is 4.03. The molecule has 0 saturated carbocycles. The summed E-state index contributed by atoms with van der Waals surface area (Å²) in [6.07, 6.45) is 2.66. The van der Waals surface area contributed by atoms with Crippen LogP contribution in [0.2, 0.25) is 0 Å². The smallest absolute Gasteiger partial charge is 0.122 e. The van der Waals surface area contributed by atoms with Crippen LogP contribution in [0.15, 0.2) is 40.3 Å². The van der Waals surface area contributed by atoms with Crippen LogP contribution in [0.1, 0.15) is 43.9 Å². The molecule has 0 aliphatic heterocycles. The lowest BCUT2D eigenvalue weighted by Crippen LogP contribution is -2.43. The van der Waals surface area contributed by atoms with E-state index in [-0.39, 0.29) is 12.1 Å². The number of furan rings is 1. The second kappa shape index (κ2) is 7.07. The summed E-state index contributed by atoms with van der Waals surface area (Å²) in [5.41, 5.74) is 6.38. The largest absolute Gasteiger partial charge is 0.468 e. The van der Waals surface area contributed by atoms with E-state index in [0.29, 0.717) is 6.04 Å². The summed E-state index contributed by atoms with van der Waals surface area (Å²) in [5.74, 6) is 0.963. The molecule has 0 bridgehead atoms. The first-order valence-corrected chi connectivity index (χ1v) is 8.08. The number of thiophene rings is 1. The normalized spacial score (nSPS) is 14.9. The Morgan fingerprint density at radius 3 is 2.60 bits per heavy atom. The van der Waals surface area contributed by atoms with Gasteiger partial charge < -0.3 is 10.2 Å². The van der Waals surface area contributed by atoms with E-state index in [1.165, 1.54) is 4.88 Å². The van der Waals surface area contributed by atoms with E-state index in [4.69, 9.17) is 10.2 Å². The Hall–Kier alpha value is -1.10. The van der Waals surface area contributed by atoms with Crippen molar-refractivity contribution in [1.29, 1.82) is 0 Å². The van der Waals surface area contributed by atoms with E-state index in [2.05, 4.69) is 43.2 Å². The fourth-order valence-corrected chi connectivity index (χ4v) is 3.20. The average Bonchev–Trinajstić information content (AvgIpc) is 3.10. The monoisotopic (exact) mass is 292 g/mol. The van der Waals surface area contributed by atoms with Crippen LogP contribution in [0.4, 0.5) is 0 Å². The lowest BCUT2D eigenvalue weighted by Gasteiger charge is -2.36. The number of hydrogen-bond acceptors (Lipinski definition) is 4. The molecule has 2 N–H and O–H groups in total. The van der Waals surface area contributed by atoms with Gasteiger partial charge >= 0.3 is 0 Å². The second-order valence-corrected chi connectivity index (χ2v) is 6.41. The molecule has 110 valence electrons. The molecular formula is C16H24N2OS. The third-order valence-corrected chi connectivity index (χ3v) is 4.51. The molecular weight excluding hydrogens is 268 g/mol. The first-order valence-electron chi connectivity index (χ1n) is 7.20. The van der Waals surface area contributed by atoms with Crippen molar-refractivity contribution in [1.82, 2.24) is 4.90 Å². The third-order valence-electron chi connectivity index (χ3n) is 3.65. The van der Waals surface area contributed by atoms with Gasteiger partial charge in [0.25, 0.3) is 0 Å². The van der Waals surface area contributed by atoms with Gasteiger partial charge in [-0.1, -0.05) is 13.0 Å². The summed E-state index contributed by atoms with van der Waals surface area (Å²) < 4.78 is 5.65. The molecule has 20 heavy (non-hydrogen) atoms. The van der Waals surface area contributed by atoms with Gasteiger partial charge in [-0.25, -0.2) is 0 Å². The number of hydrogen-bond donors (Lipinski definition) is 1. The zero-order valence-corrected chi connectivity index (χ0v) is 13.3. The molecule has 3 nitrogen and oxygen atoms in total. The van der Waals surface area contributed by atoms with E-state index < -0.39 is 0 Å². The lowest BCUT2D eigenvalue weighted by atomic mass is 10.0. The highest BCUT2D eigenvalue weighted by Gasteiger charge is 2.30. The van der Waals surface area contributed by atoms with Crippen molar-refractivity contribution in [2.75, 3.05) is 0 Å². The fraction of sp³-hybridized carbons (Fsp3) is 0.500. The Morgan fingerprint density at radius 2 is 2.10 bits per heavy atom. The topological polar surface area (TPSA) is 42.4 Å². The molecule has 2 aromatic rings. The third kappa shape index (κ3) is 3.51. The first-order chi connectivity index (χ1) is 9.63. The van der Waals surface area contributed by atoms with Crippen LogP contribution in [-0.2, 0) is 6.54 Å². The van der Waals surface area contributed by atoms with Crippen molar-refractivity contribution >= 4 is 11.3 Å². The molecule has 0 aliphatic rings.